The summed E-state index contributed by atoms with van der Waals surface area (Å²) in [4.78, 5) is 28.8. The van der Waals surface area contributed by atoms with Crippen LogP contribution < -0.4 is 15.4 Å². The number of hydrogen-bond acceptors (Lipinski definition) is 10. The van der Waals surface area contributed by atoms with Crippen LogP contribution in [0.2, 0.25) is 5.02 Å². The maximum atomic E-state index is 16.0. The number of aromatic nitrogens is 5. The zero-order valence-corrected chi connectivity index (χ0v) is 21.9. The summed E-state index contributed by atoms with van der Waals surface area (Å²) in [6.45, 7) is 0.928. The second kappa shape index (κ2) is 11.1. The van der Waals surface area contributed by atoms with E-state index in [9.17, 15) is 9.18 Å². The van der Waals surface area contributed by atoms with Crippen LogP contribution in [0.1, 0.15) is 11.3 Å². The molecule has 0 unspecified atom stereocenters. The van der Waals surface area contributed by atoms with E-state index in [1.807, 2.05) is 4.90 Å². The number of pyridine rings is 1. The second-order valence-electron chi connectivity index (χ2n) is 8.71. The van der Waals surface area contributed by atoms with Crippen LogP contribution >= 0.6 is 11.6 Å². The third kappa shape index (κ3) is 4.98. The van der Waals surface area contributed by atoms with Gasteiger partial charge in [-0.25, -0.2) is 8.78 Å². The fourth-order valence-electron chi connectivity index (χ4n) is 4.39. The number of carbonyl (C=O) groups is 1. The van der Waals surface area contributed by atoms with Crippen LogP contribution in [0.25, 0.3) is 28.2 Å². The molecular formula is C26H22ClF2N9O2. The van der Waals surface area contributed by atoms with Crippen molar-refractivity contribution >= 4 is 52.2 Å². The van der Waals surface area contributed by atoms with Crippen LogP contribution in [0, 0.1) is 11.2 Å². The Morgan fingerprint density at radius 2 is 1.98 bits per heavy atom. The Hall–Kier alpha value is -4.78. The van der Waals surface area contributed by atoms with Crippen molar-refractivity contribution < 1.29 is 18.3 Å². The first-order valence-electron chi connectivity index (χ1n) is 12.0. The average molecular weight is 566 g/mol. The van der Waals surface area contributed by atoms with Gasteiger partial charge >= 0.3 is 6.01 Å². The number of amides is 1. The van der Waals surface area contributed by atoms with E-state index in [1.54, 1.807) is 6.07 Å². The number of anilines is 2. The minimum absolute atomic E-state index is 0.0715. The van der Waals surface area contributed by atoms with E-state index in [0.717, 1.165) is 12.3 Å². The largest absolute Gasteiger partial charge is 0.467 e. The highest BCUT2D eigenvalue weighted by molar-refractivity contribution is 6.34. The number of halogens is 3. The number of rotatable bonds is 6. The van der Waals surface area contributed by atoms with E-state index in [4.69, 9.17) is 27.5 Å². The number of fused-ring (bicyclic) bond motifs is 1. The summed E-state index contributed by atoms with van der Waals surface area (Å²) < 4.78 is 35.8. The van der Waals surface area contributed by atoms with Crippen molar-refractivity contribution in [1.29, 1.82) is 5.41 Å². The van der Waals surface area contributed by atoms with Crippen LogP contribution in [0.15, 0.2) is 42.5 Å². The lowest BCUT2D eigenvalue weighted by Crippen LogP contribution is -2.49. The molecule has 0 bridgehead atoms. The second-order valence-corrected chi connectivity index (χ2v) is 9.11. The van der Waals surface area contributed by atoms with Gasteiger partial charge in [-0.05, 0) is 24.3 Å². The molecule has 1 aromatic carbocycles. The molecule has 0 saturated carbocycles. The zero-order valence-electron chi connectivity index (χ0n) is 21.1. The number of methoxy groups -OCH3 is 1. The summed E-state index contributed by atoms with van der Waals surface area (Å²) in [5.41, 5.74) is 6.64. The highest BCUT2D eigenvalue weighted by atomic mass is 35.5. The van der Waals surface area contributed by atoms with Gasteiger partial charge in [-0.3, -0.25) is 9.78 Å². The van der Waals surface area contributed by atoms with Gasteiger partial charge in [-0.15, -0.1) is 0 Å². The Morgan fingerprint density at radius 3 is 2.65 bits per heavy atom. The highest BCUT2D eigenvalue weighted by Crippen LogP contribution is 2.37. The maximum absolute atomic E-state index is 16.0. The molecule has 11 nitrogen and oxygen atoms in total. The summed E-state index contributed by atoms with van der Waals surface area (Å²) in [5, 5.41) is 15.6. The standard InChI is InChI=1S/C26H22ClF2N9O2/c1-40-26-34-22-16(13-32-23(21(22)29)20-15(12-30)19(31)5-4-17(20)27)24(35-26)37-7-9-38(10-8-37)25(39)18(28)11-14-3-2-6-33-36-14/h2-6,11-13,30H,7-10,31H2,1H3/b18-11-,30-12?. The zero-order chi connectivity index (χ0) is 28.4. The number of nitrogen functional groups attached to an aromatic ring is 1. The molecule has 3 N–H and O–H groups in total. The van der Waals surface area contributed by atoms with Crippen LogP contribution in [0.5, 0.6) is 6.01 Å². The predicted molar refractivity (Wildman–Crippen MR) is 146 cm³/mol. The van der Waals surface area contributed by atoms with Crippen molar-refractivity contribution in [3.8, 4) is 17.3 Å². The SMILES string of the molecule is COc1nc(N2CCN(C(=O)/C(F)=C/c3cccnn3)CC2)c2cnc(-c3c(Cl)ccc(N)c3C=N)c(F)c2n1. The molecule has 3 aromatic heterocycles. The van der Waals surface area contributed by atoms with Crippen molar-refractivity contribution in [2.45, 2.75) is 0 Å². The Kier molecular flexibility index (Phi) is 7.47. The van der Waals surface area contributed by atoms with Gasteiger partial charge in [0.25, 0.3) is 5.91 Å². The third-order valence-electron chi connectivity index (χ3n) is 6.37. The van der Waals surface area contributed by atoms with E-state index in [2.05, 4.69) is 25.1 Å². The minimum Gasteiger partial charge on any atom is -0.467 e. The van der Waals surface area contributed by atoms with Gasteiger partial charge in [-0.1, -0.05) is 11.6 Å². The summed E-state index contributed by atoms with van der Waals surface area (Å²) >= 11 is 6.36. The first kappa shape index (κ1) is 26.8. The topological polar surface area (TPSA) is 147 Å². The lowest BCUT2D eigenvalue weighted by atomic mass is 10.0. The highest BCUT2D eigenvalue weighted by Gasteiger charge is 2.28. The number of hydrogen-bond donors (Lipinski definition) is 2. The molecule has 4 aromatic rings. The smallest absolute Gasteiger partial charge is 0.318 e. The lowest BCUT2D eigenvalue weighted by Gasteiger charge is -2.35. The minimum atomic E-state index is -0.952. The Bertz CT molecular complexity index is 1650. The number of nitrogens with zero attached hydrogens (tertiary/aromatic N) is 7. The molecular weight excluding hydrogens is 544 g/mol. The molecule has 0 aliphatic carbocycles. The van der Waals surface area contributed by atoms with E-state index >= 15 is 4.39 Å². The number of ether oxygens (including phenoxy) is 1. The molecule has 5 rings (SSSR count). The van der Waals surface area contributed by atoms with Gasteiger partial charge in [0.2, 0.25) is 0 Å². The van der Waals surface area contributed by atoms with Crippen LogP contribution in [-0.4, -0.2) is 75.5 Å². The molecule has 1 aliphatic heterocycles. The molecule has 1 fully saturated rings. The summed E-state index contributed by atoms with van der Waals surface area (Å²) in [6, 6.07) is 6.07. The van der Waals surface area contributed by atoms with Gasteiger partial charge < -0.3 is 25.7 Å². The predicted octanol–water partition coefficient (Wildman–Crippen LogP) is 3.52. The molecule has 204 valence electrons. The van der Waals surface area contributed by atoms with Gasteiger partial charge in [0.1, 0.15) is 17.0 Å². The summed E-state index contributed by atoms with van der Waals surface area (Å²) in [6.07, 6.45) is 4.88. The van der Waals surface area contributed by atoms with E-state index < -0.39 is 17.6 Å². The van der Waals surface area contributed by atoms with Crippen LogP contribution in [-0.2, 0) is 4.79 Å². The van der Waals surface area contributed by atoms with E-state index in [0.29, 0.717) is 11.2 Å². The number of nitrogens with two attached hydrogens (primary N) is 1. The summed E-state index contributed by atoms with van der Waals surface area (Å²) in [7, 11) is 1.36. The first-order valence-corrected chi connectivity index (χ1v) is 12.4. The average Bonchev–Trinajstić information content (AvgIpc) is 2.98. The monoisotopic (exact) mass is 565 g/mol. The number of piperazine rings is 1. The fourth-order valence-corrected chi connectivity index (χ4v) is 4.64. The molecule has 0 radical (unpaired) electrons. The van der Waals surface area contributed by atoms with Gasteiger partial charge in [-0.2, -0.15) is 20.2 Å². The number of carbonyl (C=O) groups excluding carboxylic acids is 1. The maximum Gasteiger partial charge on any atom is 0.318 e. The van der Waals surface area contributed by atoms with E-state index in [-0.39, 0.29) is 70.9 Å². The molecule has 4 heterocycles. The van der Waals surface area contributed by atoms with Crippen molar-refractivity contribution in [3.05, 3.63) is 64.6 Å². The van der Waals surface area contributed by atoms with Crippen molar-refractivity contribution in [1.82, 2.24) is 30.0 Å². The van der Waals surface area contributed by atoms with Gasteiger partial charge in [0, 0.05) is 67.7 Å². The third-order valence-corrected chi connectivity index (χ3v) is 6.69. The molecule has 1 aliphatic rings. The molecule has 40 heavy (non-hydrogen) atoms. The van der Waals surface area contributed by atoms with Crippen LogP contribution in [0.3, 0.4) is 0 Å². The fraction of sp³-hybridized carbons (Fsp3) is 0.192. The number of benzene rings is 1. The van der Waals surface area contributed by atoms with Gasteiger partial charge in [0.15, 0.2) is 11.6 Å². The van der Waals surface area contributed by atoms with E-state index in [1.165, 1.54) is 42.6 Å². The molecule has 1 saturated heterocycles. The Morgan fingerprint density at radius 1 is 1.20 bits per heavy atom. The normalized spacial score (nSPS) is 13.9. The van der Waals surface area contributed by atoms with Crippen LogP contribution in [0.4, 0.5) is 20.3 Å². The quantitative estimate of drug-likeness (QED) is 0.203. The molecule has 0 spiro atoms. The van der Waals surface area contributed by atoms with Crippen molar-refractivity contribution in [3.63, 3.8) is 0 Å². The molecule has 14 heteroatoms. The molecule has 0 atom stereocenters. The Labute approximate surface area is 231 Å². The Balaban J connectivity index is 1.46. The molecule has 1 amide bonds. The lowest BCUT2D eigenvalue weighted by molar-refractivity contribution is -0.128. The van der Waals surface area contributed by atoms with Gasteiger partial charge in [0.05, 0.1) is 23.2 Å². The van der Waals surface area contributed by atoms with Crippen molar-refractivity contribution in [2.75, 3.05) is 43.9 Å². The first-order chi connectivity index (χ1) is 19.3. The number of nitrogens with one attached hydrogen (secondary N) is 1. The van der Waals surface area contributed by atoms with Crippen molar-refractivity contribution in [2.24, 2.45) is 0 Å². The summed E-state index contributed by atoms with van der Waals surface area (Å²) in [5.74, 6) is -2.17.